The van der Waals surface area contributed by atoms with Crippen LogP contribution in [0.15, 0.2) is 0 Å². The summed E-state index contributed by atoms with van der Waals surface area (Å²) in [5.74, 6) is -0.0993. The first-order valence-electron chi connectivity index (χ1n) is 12.1. The maximum atomic E-state index is 10.6. The van der Waals surface area contributed by atoms with Crippen molar-refractivity contribution in [3.63, 3.8) is 0 Å². The molecule has 0 saturated heterocycles. The summed E-state index contributed by atoms with van der Waals surface area (Å²) in [5.41, 5.74) is 0. The Morgan fingerprint density at radius 3 is 1.25 bits per heavy atom. The molecule has 0 aliphatic rings. The molecule has 0 aromatic rings. The van der Waals surface area contributed by atoms with E-state index in [2.05, 4.69) is 6.92 Å². The maximum absolute atomic E-state index is 10.6. The Labute approximate surface area is 175 Å². The van der Waals surface area contributed by atoms with E-state index in [0.29, 0.717) is 6.42 Å². The van der Waals surface area contributed by atoms with Gasteiger partial charge in [-0.05, 0) is 19.3 Å². The highest BCUT2D eigenvalue weighted by Crippen LogP contribution is 2.15. The topological polar surface area (TPSA) is 74.6 Å². The molecule has 170 valence electrons. The number of hydrogen-bond donors (Lipinski definition) is 2. The lowest BCUT2D eigenvalue weighted by Gasteiger charge is -2.10. The van der Waals surface area contributed by atoms with E-state index in [4.69, 9.17) is 4.55 Å². The minimum Gasteiger partial charge on any atom is -0.393 e. The summed E-state index contributed by atoms with van der Waals surface area (Å²) >= 11 is 0. The van der Waals surface area contributed by atoms with E-state index in [1.807, 2.05) is 0 Å². The van der Waals surface area contributed by atoms with Crippen molar-refractivity contribution in [1.82, 2.24) is 0 Å². The van der Waals surface area contributed by atoms with E-state index in [0.717, 1.165) is 38.5 Å². The largest absolute Gasteiger partial charge is 0.393 e. The molecule has 0 spiro atoms. The molecule has 0 fully saturated rings. The van der Waals surface area contributed by atoms with Crippen molar-refractivity contribution in [3.8, 4) is 0 Å². The smallest absolute Gasteiger partial charge is 0.264 e. The molecule has 1 atom stereocenters. The zero-order chi connectivity index (χ0) is 20.9. The van der Waals surface area contributed by atoms with Crippen LogP contribution in [0.25, 0.3) is 0 Å². The van der Waals surface area contributed by atoms with Crippen molar-refractivity contribution in [2.75, 3.05) is 5.75 Å². The third-order valence-electron chi connectivity index (χ3n) is 5.58. The molecule has 0 heterocycles. The van der Waals surface area contributed by atoms with E-state index in [9.17, 15) is 13.5 Å². The van der Waals surface area contributed by atoms with Crippen molar-refractivity contribution in [2.45, 2.75) is 141 Å². The molecule has 0 aliphatic carbocycles. The van der Waals surface area contributed by atoms with Crippen LogP contribution in [0, 0.1) is 0 Å². The second kappa shape index (κ2) is 20.2. The molecule has 0 aromatic carbocycles. The molecule has 2 N–H and O–H groups in total. The molecule has 0 saturated carbocycles. The predicted molar refractivity (Wildman–Crippen MR) is 120 cm³/mol. The summed E-state index contributed by atoms with van der Waals surface area (Å²) in [6, 6.07) is 0. The molecule has 0 aliphatic heterocycles. The van der Waals surface area contributed by atoms with Gasteiger partial charge in [0.15, 0.2) is 0 Å². The Hall–Kier alpha value is -0.130. The van der Waals surface area contributed by atoms with Gasteiger partial charge in [0.05, 0.1) is 11.9 Å². The first kappa shape index (κ1) is 27.9. The lowest BCUT2D eigenvalue weighted by Crippen LogP contribution is -2.05. The van der Waals surface area contributed by atoms with Crippen LogP contribution >= 0.6 is 0 Å². The fourth-order valence-corrected chi connectivity index (χ4v) is 4.31. The second-order valence-corrected chi connectivity index (χ2v) is 10.1. The van der Waals surface area contributed by atoms with Crippen molar-refractivity contribution in [3.05, 3.63) is 0 Å². The van der Waals surface area contributed by atoms with Crippen molar-refractivity contribution in [1.29, 1.82) is 0 Å². The minimum absolute atomic E-state index is 0.0946. The van der Waals surface area contributed by atoms with Gasteiger partial charge in [0.1, 0.15) is 0 Å². The second-order valence-electron chi connectivity index (χ2n) is 8.53. The third kappa shape index (κ3) is 23.9. The van der Waals surface area contributed by atoms with Gasteiger partial charge in [-0.2, -0.15) is 8.42 Å². The highest BCUT2D eigenvalue weighted by molar-refractivity contribution is 7.85. The Morgan fingerprint density at radius 1 is 0.571 bits per heavy atom. The first-order valence-corrected chi connectivity index (χ1v) is 13.7. The molecule has 0 aromatic heterocycles. The number of unbranched alkanes of at least 4 members (excludes halogenated alkanes) is 16. The van der Waals surface area contributed by atoms with Crippen LogP contribution in [0.2, 0.25) is 0 Å². The van der Waals surface area contributed by atoms with Crippen molar-refractivity contribution >= 4 is 10.1 Å². The first-order chi connectivity index (χ1) is 13.5. The molecule has 28 heavy (non-hydrogen) atoms. The lowest BCUT2D eigenvalue weighted by molar-refractivity contribution is 0.147. The van der Waals surface area contributed by atoms with Crippen LogP contribution in [0.4, 0.5) is 0 Å². The quantitative estimate of drug-likeness (QED) is 0.145. The zero-order valence-electron chi connectivity index (χ0n) is 18.5. The average Bonchev–Trinajstić information content (AvgIpc) is 2.64. The Morgan fingerprint density at radius 2 is 0.893 bits per heavy atom. The lowest BCUT2D eigenvalue weighted by atomic mass is 10.0. The monoisotopic (exact) mass is 420 g/mol. The fraction of sp³-hybridized carbons (Fsp3) is 1.00. The summed E-state index contributed by atoms with van der Waals surface area (Å²) in [6.07, 6.45) is 23.5. The minimum atomic E-state index is -3.77. The van der Waals surface area contributed by atoms with Gasteiger partial charge >= 0.3 is 0 Å². The SMILES string of the molecule is CCCCCCCCCCC(O)CCCCCCCCCCCCS(=O)(=O)O. The van der Waals surface area contributed by atoms with Gasteiger partial charge in [-0.3, -0.25) is 4.55 Å². The summed E-state index contributed by atoms with van der Waals surface area (Å²) in [5, 5.41) is 10.1. The number of rotatable bonds is 22. The van der Waals surface area contributed by atoms with Crippen LogP contribution < -0.4 is 0 Å². The number of hydrogen-bond acceptors (Lipinski definition) is 3. The molecular weight excluding hydrogens is 372 g/mol. The van der Waals surface area contributed by atoms with Crippen LogP contribution in [-0.2, 0) is 10.1 Å². The summed E-state index contributed by atoms with van der Waals surface area (Å²) < 4.78 is 29.8. The molecule has 0 rings (SSSR count). The molecule has 4 nitrogen and oxygen atoms in total. The highest BCUT2D eigenvalue weighted by atomic mass is 32.2. The van der Waals surface area contributed by atoms with Crippen LogP contribution in [0.1, 0.15) is 135 Å². The van der Waals surface area contributed by atoms with Gasteiger partial charge < -0.3 is 5.11 Å². The summed E-state index contributed by atoms with van der Waals surface area (Å²) in [7, 11) is -3.77. The third-order valence-corrected chi connectivity index (χ3v) is 6.39. The van der Waals surface area contributed by atoms with E-state index in [1.54, 1.807) is 0 Å². The summed E-state index contributed by atoms with van der Waals surface area (Å²) in [6.45, 7) is 2.25. The fourth-order valence-electron chi connectivity index (χ4n) is 3.74. The Bertz CT molecular complexity index is 409. The number of aliphatic hydroxyl groups is 1. The van der Waals surface area contributed by atoms with Crippen molar-refractivity contribution < 1.29 is 18.1 Å². The molecular formula is C23H48O4S. The number of aliphatic hydroxyl groups excluding tert-OH is 1. The van der Waals surface area contributed by atoms with Gasteiger partial charge in [-0.25, -0.2) is 0 Å². The van der Waals surface area contributed by atoms with Crippen LogP contribution in [0.3, 0.4) is 0 Å². The van der Waals surface area contributed by atoms with E-state index >= 15 is 0 Å². The van der Waals surface area contributed by atoms with E-state index < -0.39 is 10.1 Å². The van der Waals surface area contributed by atoms with Gasteiger partial charge in [0, 0.05) is 0 Å². The van der Waals surface area contributed by atoms with Gasteiger partial charge in [-0.15, -0.1) is 0 Å². The van der Waals surface area contributed by atoms with E-state index in [-0.39, 0.29) is 11.9 Å². The molecule has 0 radical (unpaired) electrons. The van der Waals surface area contributed by atoms with Gasteiger partial charge in [0.25, 0.3) is 10.1 Å². The molecule has 0 bridgehead atoms. The molecule has 5 heteroatoms. The standard InChI is InChI=1S/C23H48O4S/c1-2-3-4-5-6-11-14-17-20-23(24)21-18-15-12-9-7-8-10-13-16-19-22-28(25,26)27/h23-24H,2-22H2,1H3,(H,25,26,27). The molecule has 0 amide bonds. The van der Waals surface area contributed by atoms with Crippen LogP contribution in [-0.4, -0.2) is 29.9 Å². The van der Waals surface area contributed by atoms with Gasteiger partial charge in [0.2, 0.25) is 0 Å². The predicted octanol–water partition coefficient (Wildman–Crippen LogP) is 7.06. The van der Waals surface area contributed by atoms with Gasteiger partial charge in [-0.1, -0.05) is 116 Å². The van der Waals surface area contributed by atoms with Crippen molar-refractivity contribution in [2.24, 2.45) is 0 Å². The maximum Gasteiger partial charge on any atom is 0.264 e. The molecule has 1 unspecified atom stereocenters. The highest BCUT2D eigenvalue weighted by Gasteiger charge is 2.04. The Kier molecular flexibility index (Phi) is 20.1. The van der Waals surface area contributed by atoms with Crippen LogP contribution in [0.5, 0.6) is 0 Å². The zero-order valence-corrected chi connectivity index (χ0v) is 19.4. The van der Waals surface area contributed by atoms with E-state index in [1.165, 1.54) is 83.5 Å². The average molecular weight is 421 g/mol. The normalized spacial score (nSPS) is 13.1. The Balaban J connectivity index is 3.19. The summed E-state index contributed by atoms with van der Waals surface area (Å²) in [4.78, 5) is 0.